The number of rotatable bonds is 4. The summed E-state index contributed by atoms with van der Waals surface area (Å²) in [7, 11) is 0. The van der Waals surface area contributed by atoms with Crippen molar-refractivity contribution in [3.63, 3.8) is 0 Å². The summed E-state index contributed by atoms with van der Waals surface area (Å²) in [5, 5.41) is 19.2. The van der Waals surface area contributed by atoms with E-state index >= 15 is 0 Å². The van der Waals surface area contributed by atoms with Crippen molar-refractivity contribution < 1.29 is 10.2 Å². The number of hydrogen-bond acceptors (Lipinski definition) is 3. The third kappa shape index (κ3) is 2.85. The molecule has 1 unspecified atom stereocenters. The Balaban J connectivity index is 2.12. The molecule has 18 heavy (non-hydrogen) atoms. The van der Waals surface area contributed by atoms with Crippen LogP contribution in [0.15, 0.2) is 24.3 Å². The van der Waals surface area contributed by atoms with Gasteiger partial charge in [-0.05, 0) is 43.4 Å². The fourth-order valence-corrected chi connectivity index (χ4v) is 2.65. The molecule has 1 heterocycles. The summed E-state index contributed by atoms with van der Waals surface area (Å²) in [6.45, 7) is 3.21. The monoisotopic (exact) mass is 249 g/mol. The average molecular weight is 249 g/mol. The second-order valence-corrected chi connectivity index (χ2v) is 5.04. The molecule has 3 nitrogen and oxygen atoms in total. The summed E-state index contributed by atoms with van der Waals surface area (Å²) in [5.74, 6) is 0. The van der Waals surface area contributed by atoms with Crippen molar-refractivity contribution in [2.75, 3.05) is 18.1 Å². The predicted molar refractivity (Wildman–Crippen MR) is 73.8 cm³/mol. The van der Waals surface area contributed by atoms with Crippen LogP contribution in [0.25, 0.3) is 0 Å². The number of nitrogens with zero attached hydrogens (tertiary/aromatic N) is 1. The van der Waals surface area contributed by atoms with Crippen molar-refractivity contribution in [2.24, 2.45) is 0 Å². The van der Waals surface area contributed by atoms with Crippen LogP contribution in [-0.4, -0.2) is 29.4 Å². The van der Waals surface area contributed by atoms with Gasteiger partial charge in [-0.2, -0.15) is 0 Å². The highest BCUT2D eigenvalue weighted by molar-refractivity contribution is 5.49. The van der Waals surface area contributed by atoms with Gasteiger partial charge in [0.1, 0.15) is 0 Å². The molecule has 0 bridgehead atoms. The Hall–Kier alpha value is -1.06. The van der Waals surface area contributed by atoms with Crippen LogP contribution in [0.2, 0.25) is 0 Å². The first kappa shape index (κ1) is 13.4. The molecule has 0 radical (unpaired) electrons. The van der Waals surface area contributed by atoms with Gasteiger partial charge in [0.05, 0.1) is 18.8 Å². The van der Waals surface area contributed by atoms with E-state index in [0.29, 0.717) is 0 Å². The number of aliphatic hydroxyl groups is 2. The maximum atomic E-state index is 9.78. The van der Waals surface area contributed by atoms with E-state index in [1.54, 1.807) is 0 Å². The lowest BCUT2D eigenvalue weighted by molar-refractivity contribution is 0.173. The third-order valence-electron chi connectivity index (χ3n) is 3.83. The average Bonchev–Trinajstić information content (AvgIpc) is 2.46. The molecule has 0 amide bonds. The van der Waals surface area contributed by atoms with E-state index < -0.39 is 0 Å². The summed E-state index contributed by atoms with van der Waals surface area (Å²) in [6, 6.07) is 8.35. The molecule has 1 aromatic rings. The van der Waals surface area contributed by atoms with Gasteiger partial charge in [-0.15, -0.1) is 0 Å². The maximum Gasteiger partial charge on any atom is 0.0787 e. The van der Waals surface area contributed by atoms with Gasteiger partial charge in [0.25, 0.3) is 0 Å². The second-order valence-electron chi connectivity index (χ2n) is 5.04. The van der Waals surface area contributed by atoms with Crippen LogP contribution in [0, 0.1) is 0 Å². The molecule has 1 aliphatic heterocycles. The standard InChI is InChI=1S/C15H23NO2/c1-2-15(18)12-6-8-13(9-7-12)16-10-4-3-5-14(16)11-17/h6-9,14-15,17-18H,2-5,10-11H2,1H3/t14?,15-/m0/s1. The Bertz CT molecular complexity index is 363. The summed E-state index contributed by atoms with van der Waals surface area (Å²) >= 11 is 0. The molecule has 2 rings (SSSR count). The zero-order valence-electron chi connectivity index (χ0n) is 11.0. The van der Waals surface area contributed by atoms with Gasteiger partial charge >= 0.3 is 0 Å². The van der Waals surface area contributed by atoms with Gasteiger partial charge in [-0.3, -0.25) is 0 Å². The molecular weight excluding hydrogens is 226 g/mol. The minimum Gasteiger partial charge on any atom is -0.394 e. The summed E-state index contributed by atoms with van der Waals surface area (Å²) in [6.07, 6.45) is 3.83. The molecular formula is C15H23NO2. The highest BCUT2D eigenvalue weighted by Crippen LogP contribution is 2.26. The Labute approximate surface area is 109 Å². The van der Waals surface area contributed by atoms with Gasteiger partial charge in [0, 0.05) is 12.2 Å². The van der Waals surface area contributed by atoms with Crippen molar-refractivity contribution in [3.8, 4) is 0 Å². The summed E-state index contributed by atoms with van der Waals surface area (Å²) in [5.41, 5.74) is 2.12. The van der Waals surface area contributed by atoms with E-state index in [1.165, 1.54) is 12.8 Å². The van der Waals surface area contributed by atoms with E-state index in [-0.39, 0.29) is 18.8 Å². The lowest BCUT2D eigenvalue weighted by Gasteiger charge is -2.36. The van der Waals surface area contributed by atoms with Crippen molar-refractivity contribution in [3.05, 3.63) is 29.8 Å². The molecule has 1 aromatic carbocycles. The van der Waals surface area contributed by atoms with Crippen LogP contribution in [0.1, 0.15) is 44.3 Å². The molecule has 0 spiro atoms. The van der Waals surface area contributed by atoms with Gasteiger partial charge < -0.3 is 15.1 Å². The molecule has 1 saturated heterocycles. The van der Waals surface area contributed by atoms with Crippen LogP contribution in [0.5, 0.6) is 0 Å². The number of benzene rings is 1. The van der Waals surface area contributed by atoms with Crippen LogP contribution in [0.4, 0.5) is 5.69 Å². The molecule has 0 aliphatic carbocycles. The van der Waals surface area contributed by atoms with E-state index in [2.05, 4.69) is 17.0 Å². The lowest BCUT2D eigenvalue weighted by atomic mass is 10.0. The van der Waals surface area contributed by atoms with Gasteiger partial charge in [0.2, 0.25) is 0 Å². The van der Waals surface area contributed by atoms with E-state index in [4.69, 9.17) is 0 Å². The second kappa shape index (κ2) is 6.21. The quantitative estimate of drug-likeness (QED) is 0.861. The van der Waals surface area contributed by atoms with Crippen LogP contribution in [-0.2, 0) is 0 Å². The third-order valence-corrected chi connectivity index (χ3v) is 3.83. The number of anilines is 1. The molecule has 0 aromatic heterocycles. The summed E-state index contributed by atoms with van der Waals surface area (Å²) in [4.78, 5) is 2.28. The zero-order valence-corrected chi connectivity index (χ0v) is 11.0. The van der Waals surface area contributed by atoms with Crippen LogP contribution < -0.4 is 4.90 Å². The highest BCUT2D eigenvalue weighted by atomic mass is 16.3. The Morgan fingerprint density at radius 2 is 2.00 bits per heavy atom. The normalized spacial score (nSPS) is 21.9. The molecule has 2 N–H and O–H groups in total. The fourth-order valence-electron chi connectivity index (χ4n) is 2.65. The summed E-state index contributed by atoms with van der Waals surface area (Å²) < 4.78 is 0. The topological polar surface area (TPSA) is 43.7 Å². The molecule has 2 atom stereocenters. The first-order chi connectivity index (χ1) is 8.76. The molecule has 0 saturated carbocycles. The molecule has 3 heteroatoms. The predicted octanol–water partition coefficient (Wildman–Crippen LogP) is 2.48. The van der Waals surface area contributed by atoms with Crippen LogP contribution >= 0.6 is 0 Å². The maximum absolute atomic E-state index is 9.78. The molecule has 1 aliphatic rings. The van der Waals surface area contributed by atoms with E-state index in [0.717, 1.165) is 30.6 Å². The SMILES string of the molecule is CC[C@H](O)c1ccc(N2CCCCC2CO)cc1. The molecule has 1 fully saturated rings. The van der Waals surface area contributed by atoms with Crippen molar-refractivity contribution in [2.45, 2.75) is 44.8 Å². The minimum absolute atomic E-state index is 0.222. The number of piperidine rings is 1. The van der Waals surface area contributed by atoms with Crippen molar-refractivity contribution >= 4 is 5.69 Å². The highest BCUT2D eigenvalue weighted by Gasteiger charge is 2.21. The van der Waals surface area contributed by atoms with Gasteiger partial charge in [-0.25, -0.2) is 0 Å². The van der Waals surface area contributed by atoms with Gasteiger partial charge in [-0.1, -0.05) is 19.1 Å². The number of hydrogen-bond donors (Lipinski definition) is 2. The Morgan fingerprint density at radius 3 is 2.61 bits per heavy atom. The fraction of sp³-hybridized carbons (Fsp3) is 0.600. The Morgan fingerprint density at radius 1 is 1.28 bits per heavy atom. The van der Waals surface area contributed by atoms with E-state index in [9.17, 15) is 10.2 Å². The van der Waals surface area contributed by atoms with Crippen LogP contribution in [0.3, 0.4) is 0 Å². The smallest absolute Gasteiger partial charge is 0.0787 e. The van der Waals surface area contributed by atoms with Crippen molar-refractivity contribution in [1.82, 2.24) is 0 Å². The lowest BCUT2D eigenvalue weighted by Crippen LogP contribution is -2.41. The largest absolute Gasteiger partial charge is 0.394 e. The molecule has 100 valence electrons. The first-order valence-electron chi connectivity index (χ1n) is 6.91. The number of aliphatic hydroxyl groups excluding tert-OH is 2. The zero-order chi connectivity index (χ0) is 13.0. The first-order valence-corrected chi connectivity index (χ1v) is 6.91. The van der Waals surface area contributed by atoms with E-state index in [1.807, 2.05) is 19.1 Å². The minimum atomic E-state index is -0.367. The van der Waals surface area contributed by atoms with Gasteiger partial charge in [0.15, 0.2) is 0 Å². The van der Waals surface area contributed by atoms with Crippen molar-refractivity contribution in [1.29, 1.82) is 0 Å². The Kier molecular flexibility index (Phi) is 4.61.